The summed E-state index contributed by atoms with van der Waals surface area (Å²) in [5, 5.41) is 3.26. The Balaban J connectivity index is 2.62. The first-order chi connectivity index (χ1) is 7.31. The second-order valence-corrected chi connectivity index (χ2v) is 4.69. The maximum Gasteiger partial charge on any atom is 0.0573 e. The van der Waals surface area contributed by atoms with Gasteiger partial charge < -0.3 is 5.32 Å². The van der Waals surface area contributed by atoms with Crippen molar-refractivity contribution in [3.05, 3.63) is 24.0 Å². The predicted molar refractivity (Wildman–Crippen MR) is 67.3 cm³/mol. The van der Waals surface area contributed by atoms with Crippen LogP contribution in [0, 0.1) is 0 Å². The summed E-state index contributed by atoms with van der Waals surface area (Å²) < 4.78 is 0. The van der Waals surface area contributed by atoms with Gasteiger partial charge in [0.25, 0.3) is 0 Å². The molecule has 0 saturated carbocycles. The molecule has 0 amide bonds. The predicted octanol–water partition coefficient (Wildman–Crippen LogP) is 3.25. The number of hydrogen-bond donors (Lipinski definition) is 1. The van der Waals surface area contributed by atoms with Crippen molar-refractivity contribution in [1.82, 2.24) is 10.3 Å². The summed E-state index contributed by atoms with van der Waals surface area (Å²) in [5.41, 5.74) is 1.14. The van der Waals surface area contributed by atoms with E-state index < -0.39 is 0 Å². The SMILES string of the molecule is CCCSc1ccc(C(CC)NC)nc1. The van der Waals surface area contributed by atoms with Crippen molar-refractivity contribution in [2.75, 3.05) is 12.8 Å². The molecule has 0 aromatic carbocycles. The van der Waals surface area contributed by atoms with E-state index in [2.05, 4.69) is 36.3 Å². The lowest BCUT2D eigenvalue weighted by molar-refractivity contribution is 0.561. The zero-order valence-electron chi connectivity index (χ0n) is 9.79. The molecule has 15 heavy (non-hydrogen) atoms. The third-order valence-electron chi connectivity index (χ3n) is 2.35. The molecule has 1 atom stereocenters. The third-order valence-corrected chi connectivity index (χ3v) is 3.53. The van der Waals surface area contributed by atoms with Gasteiger partial charge in [0, 0.05) is 17.1 Å². The Morgan fingerprint density at radius 3 is 2.67 bits per heavy atom. The van der Waals surface area contributed by atoms with Crippen molar-refractivity contribution in [3.8, 4) is 0 Å². The highest BCUT2D eigenvalue weighted by molar-refractivity contribution is 7.99. The molecule has 0 radical (unpaired) electrons. The van der Waals surface area contributed by atoms with Crippen LogP contribution in [-0.4, -0.2) is 17.8 Å². The zero-order valence-corrected chi connectivity index (χ0v) is 10.6. The number of hydrogen-bond acceptors (Lipinski definition) is 3. The summed E-state index contributed by atoms with van der Waals surface area (Å²) in [4.78, 5) is 5.76. The van der Waals surface area contributed by atoms with Crippen molar-refractivity contribution < 1.29 is 0 Å². The molecular weight excluding hydrogens is 204 g/mol. The van der Waals surface area contributed by atoms with Crippen molar-refractivity contribution in [2.24, 2.45) is 0 Å². The first-order valence-electron chi connectivity index (χ1n) is 5.57. The van der Waals surface area contributed by atoms with Gasteiger partial charge in [-0.15, -0.1) is 11.8 Å². The lowest BCUT2D eigenvalue weighted by Gasteiger charge is -2.13. The van der Waals surface area contributed by atoms with Crippen LogP contribution >= 0.6 is 11.8 Å². The Labute approximate surface area is 96.9 Å². The first kappa shape index (κ1) is 12.5. The van der Waals surface area contributed by atoms with Crippen molar-refractivity contribution in [3.63, 3.8) is 0 Å². The van der Waals surface area contributed by atoms with Gasteiger partial charge in [-0.3, -0.25) is 4.98 Å². The molecule has 0 spiro atoms. The summed E-state index contributed by atoms with van der Waals surface area (Å²) in [6.07, 6.45) is 4.27. The minimum atomic E-state index is 0.384. The Bertz CT molecular complexity index is 267. The number of rotatable bonds is 6. The molecule has 1 rings (SSSR count). The molecule has 1 heterocycles. The van der Waals surface area contributed by atoms with Crippen molar-refractivity contribution >= 4 is 11.8 Å². The van der Waals surface area contributed by atoms with Gasteiger partial charge in [0.05, 0.1) is 5.69 Å². The molecule has 84 valence electrons. The van der Waals surface area contributed by atoms with Crippen LogP contribution < -0.4 is 5.32 Å². The molecule has 2 nitrogen and oxygen atoms in total. The van der Waals surface area contributed by atoms with E-state index in [1.165, 1.54) is 17.1 Å². The maximum atomic E-state index is 4.49. The molecule has 0 saturated heterocycles. The van der Waals surface area contributed by atoms with E-state index in [1.54, 1.807) is 0 Å². The summed E-state index contributed by atoms with van der Waals surface area (Å²) in [5.74, 6) is 1.17. The van der Waals surface area contributed by atoms with Crippen LogP contribution in [0.4, 0.5) is 0 Å². The average molecular weight is 224 g/mol. The molecule has 1 aromatic heterocycles. The minimum absolute atomic E-state index is 0.384. The molecule has 0 aliphatic carbocycles. The zero-order chi connectivity index (χ0) is 11.1. The largest absolute Gasteiger partial charge is 0.312 e. The number of nitrogens with one attached hydrogen (secondary N) is 1. The topological polar surface area (TPSA) is 24.9 Å². The molecular formula is C12H20N2S. The molecule has 0 fully saturated rings. The Hall–Kier alpha value is -0.540. The first-order valence-corrected chi connectivity index (χ1v) is 6.56. The highest BCUT2D eigenvalue weighted by Crippen LogP contribution is 2.20. The summed E-state index contributed by atoms with van der Waals surface area (Å²) in [6, 6.07) is 4.68. The molecule has 0 aliphatic heterocycles. The maximum absolute atomic E-state index is 4.49. The van der Waals surface area contributed by atoms with E-state index in [0.29, 0.717) is 6.04 Å². The molecule has 0 aliphatic rings. The van der Waals surface area contributed by atoms with Crippen LogP contribution in [0.15, 0.2) is 23.2 Å². The average Bonchev–Trinajstić information content (AvgIpc) is 2.29. The van der Waals surface area contributed by atoms with E-state index in [9.17, 15) is 0 Å². The number of thioether (sulfide) groups is 1. The lowest BCUT2D eigenvalue weighted by atomic mass is 10.1. The monoisotopic (exact) mass is 224 g/mol. The normalized spacial score (nSPS) is 12.7. The van der Waals surface area contributed by atoms with Crippen LogP contribution in [-0.2, 0) is 0 Å². The van der Waals surface area contributed by atoms with E-state index in [0.717, 1.165) is 12.1 Å². The van der Waals surface area contributed by atoms with Gasteiger partial charge >= 0.3 is 0 Å². The van der Waals surface area contributed by atoms with Gasteiger partial charge in [-0.1, -0.05) is 13.8 Å². The highest BCUT2D eigenvalue weighted by Gasteiger charge is 2.07. The fourth-order valence-corrected chi connectivity index (χ4v) is 2.20. The van der Waals surface area contributed by atoms with E-state index >= 15 is 0 Å². The van der Waals surface area contributed by atoms with Gasteiger partial charge in [-0.2, -0.15) is 0 Å². The van der Waals surface area contributed by atoms with E-state index in [-0.39, 0.29) is 0 Å². The second kappa shape index (κ2) is 6.85. The quantitative estimate of drug-likeness (QED) is 0.751. The number of pyridine rings is 1. The molecule has 0 bridgehead atoms. The van der Waals surface area contributed by atoms with E-state index in [4.69, 9.17) is 0 Å². The van der Waals surface area contributed by atoms with Crippen LogP contribution in [0.5, 0.6) is 0 Å². The lowest BCUT2D eigenvalue weighted by Crippen LogP contribution is -2.16. The fraction of sp³-hybridized carbons (Fsp3) is 0.583. The highest BCUT2D eigenvalue weighted by atomic mass is 32.2. The number of nitrogens with zero attached hydrogens (tertiary/aromatic N) is 1. The van der Waals surface area contributed by atoms with Crippen LogP contribution in [0.3, 0.4) is 0 Å². The van der Waals surface area contributed by atoms with Gasteiger partial charge in [0.1, 0.15) is 0 Å². The van der Waals surface area contributed by atoms with E-state index in [1.807, 2.05) is 25.0 Å². The number of aromatic nitrogens is 1. The fourth-order valence-electron chi connectivity index (χ4n) is 1.46. The Kier molecular flexibility index (Phi) is 5.73. The van der Waals surface area contributed by atoms with Crippen LogP contribution in [0.2, 0.25) is 0 Å². The summed E-state index contributed by atoms with van der Waals surface area (Å²) in [7, 11) is 1.98. The smallest absolute Gasteiger partial charge is 0.0573 e. The van der Waals surface area contributed by atoms with Crippen molar-refractivity contribution in [1.29, 1.82) is 0 Å². The standard InChI is InChI=1S/C12H20N2S/c1-4-8-15-10-6-7-12(14-9-10)11(5-2)13-3/h6-7,9,11,13H,4-5,8H2,1-3H3. The van der Waals surface area contributed by atoms with Crippen LogP contribution in [0.1, 0.15) is 38.4 Å². The van der Waals surface area contributed by atoms with Gasteiger partial charge in [-0.05, 0) is 37.8 Å². The molecule has 3 heteroatoms. The molecule has 1 N–H and O–H groups in total. The Morgan fingerprint density at radius 2 is 2.20 bits per heavy atom. The van der Waals surface area contributed by atoms with Crippen LogP contribution in [0.25, 0.3) is 0 Å². The summed E-state index contributed by atoms with van der Waals surface area (Å²) >= 11 is 1.87. The summed E-state index contributed by atoms with van der Waals surface area (Å²) in [6.45, 7) is 4.37. The van der Waals surface area contributed by atoms with Gasteiger partial charge in [0.2, 0.25) is 0 Å². The van der Waals surface area contributed by atoms with Gasteiger partial charge in [0.15, 0.2) is 0 Å². The minimum Gasteiger partial charge on any atom is -0.312 e. The third kappa shape index (κ3) is 3.84. The second-order valence-electron chi connectivity index (χ2n) is 3.52. The van der Waals surface area contributed by atoms with Gasteiger partial charge in [-0.25, -0.2) is 0 Å². The van der Waals surface area contributed by atoms with Crippen molar-refractivity contribution in [2.45, 2.75) is 37.6 Å². The molecule has 1 unspecified atom stereocenters. The molecule has 1 aromatic rings. The Morgan fingerprint density at radius 1 is 1.40 bits per heavy atom.